The van der Waals surface area contributed by atoms with Crippen LogP contribution in [0.5, 0.6) is 0 Å². The van der Waals surface area contributed by atoms with Gasteiger partial charge in [0.05, 0.1) is 19.1 Å². The van der Waals surface area contributed by atoms with Crippen LogP contribution in [0.2, 0.25) is 0 Å². The molecule has 2 atom stereocenters. The van der Waals surface area contributed by atoms with Crippen molar-refractivity contribution in [1.82, 2.24) is 4.90 Å². The monoisotopic (exact) mass is 338 g/mol. The fourth-order valence-electron chi connectivity index (χ4n) is 3.37. The lowest BCUT2D eigenvalue weighted by atomic mass is 10.2. The summed E-state index contributed by atoms with van der Waals surface area (Å²) < 4.78 is 17.1. The number of likely N-dealkylation sites (tertiary alicyclic amines) is 1. The van der Waals surface area contributed by atoms with Gasteiger partial charge >= 0.3 is 0 Å². The summed E-state index contributed by atoms with van der Waals surface area (Å²) in [4.78, 5) is 1.74. The Morgan fingerprint density at radius 1 is 1.08 bits per heavy atom. The first-order valence-corrected chi connectivity index (χ1v) is 9.10. The van der Waals surface area contributed by atoms with Crippen molar-refractivity contribution >= 4 is 22.9 Å². The summed E-state index contributed by atoms with van der Waals surface area (Å²) in [6.07, 6.45) is 3.06. The fourth-order valence-corrected chi connectivity index (χ4v) is 4.92. The lowest BCUT2D eigenvalue weighted by Gasteiger charge is -2.27. The SMILES string of the molecule is N#CN1CCC(N2c3ccccc3N(Cc3ccccc3)[S+]2[O-])C1. The second kappa shape index (κ2) is 6.27. The molecule has 2 aliphatic rings. The van der Waals surface area contributed by atoms with E-state index >= 15 is 0 Å². The van der Waals surface area contributed by atoms with Crippen LogP contribution in [0.4, 0.5) is 11.4 Å². The molecule has 0 saturated carbocycles. The molecule has 0 N–H and O–H groups in total. The third-order valence-electron chi connectivity index (χ3n) is 4.55. The predicted octanol–water partition coefficient (Wildman–Crippen LogP) is 2.65. The highest BCUT2D eigenvalue weighted by Crippen LogP contribution is 2.43. The quantitative estimate of drug-likeness (QED) is 0.636. The summed E-state index contributed by atoms with van der Waals surface area (Å²) in [6, 6.07) is 18.2. The number of nitriles is 1. The molecule has 6 heteroatoms. The van der Waals surface area contributed by atoms with Crippen LogP contribution in [0.3, 0.4) is 0 Å². The van der Waals surface area contributed by atoms with Gasteiger partial charge in [-0.3, -0.25) is 0 Å². The van der Waals surface area contributed by atoms with Gasteiger partial charge in [-0.2, -0.15) is 13.9 Å². The van der Waals surface area contributed by atoms with Gasteiger partial charge in [-0.05, 0) is 24.1 Å². The van der Waals surface area contributed by atoms with Crippen LogP contribution >= 0.6 is 0 Å². The van der Waals surface area contributed by atoms with Crippen molar-refractivity contribution in [3.8, 4) is 6.19 Å². The minimum Gasteiger partial charge on any atom is -0.568 e. The first-order valence-electron chi connectivity index (χ1n) is 8.04. The van der Waals surface area contributed by atoms with E-state index in [2.05, 4.69) is 18.3 Å². The van der Waals surface area contributed by atoms with Gasteiger partial charge in [0.2, 0.25) is 0 Å². The van der Waals surface area contributed by atoms with Gasteiger partial charge < -0.3 is 9.45 Å². The van der Waals surface area contributed by atoms with E-state index in [-0.39, 0.29) is 6.04 Å². The van der Waals surface area contributed by atoms with E-state index in [4.69, 9.17) is 5.26 Å². The zero-order valence-corrected chi connectivity index (χ0v) is 14.0. The summed E-state index contributed by atoms with van der Waals surface area (Å²) in [5.41, 5.74) is 3.12. The Balaban J connectivity index is 1.64. The van der Waals surface area contributed by atoms with Gasteiger partial charge in [0.15, 0.2) is 17.7 Å². The van der Waals surface area contributed by atoms with Crippen LogP contribution in [0.25, 0.3) is 0 Å². The number of hydrogen-bond acceptors (Lipinski definition) is 5. The maximum absolute atomic E-state index is 13.2. The Hall–Kier alpha value is -2.36. The summed E-state index contributed by atoms with van der Waals surface area (Å²) in [5, 5.41) is 9.11. The largest absolute Gasteiger partial charge is 0.568 e. The van der Waals surface area contributed by atoms with E-state index in [1.54, 1.807) is 4.90 Å². The first-order chi connectivity index (χ1) is 11.8. The minimum absolute atomic E-state index is 0.104. The first kappa shape index (κ1) is 15.2. The Morgan fingerprint density at radius 3 is 2.50 bits per heavy atom. The van der Waals surface area contributed by atoms with Gasteiger partial charge in [-0.1, -0.05) is 42.5 Å². The van der Waals surface area contributed by atoms with E-state index < -0.39 is 11.5 Å². The van der Waals surface area contributed by atoms with Crippen LogP contribution < -0.4 is 8.61 Å². The van der Waals surface area contributed by atoms with Gasteiger partial charge in [0.1, 0.15) is 11.4 Å². The summed E-state index contributed by atoms with van der Waals surface area (Å²) >= 11 is -1.27. The standard InChI is InChI=1S/C18H18N4OS/c19-14-20-11-10-16(13-20)22-18-9-5-4-8-17(18)21(24(22)23)12-15-6-2-1-3-7-15/h1-9,16H,10-13H2. The van der Waals surface area contributed by atoms with Crippen molar-refractivity contribution in [2.75, 3.05) is 21.7 Å². The van der Waals surface area contributed by atoms with Crippen molar-refractivity contribution in [2.45, 2.75) is 19.0 Å². The van der Waals surface area contributed by atoms with Crippen LogP contribution in [0.1, 0.15) is 12.0 Å². The van der Waals surface area contributed by atoms with Crippen molar-refractivity contribution in [1.29, 1.82) is 5.26 Å². The number of para-hydroxylation sites is 2. The average Bonchev–Trinajstić information content (AvgIpc) is 3.19. The molecule has 2 aliphatic heterocycles. The molecule has 5 nitrogen and oxygen atoms in total. The Labute approximate surface area is 145 Å². The molecule has 0 spiro atoms. The summed E-state index contributed by atoms with van der Waals surface area (Å²) in [7, 11) is 0. The molecule has 0 radical (unpaired) electrons. The van der Waals surface area contributed by atoms with Crippen molar-refractivity contribution in [2.24, 2.45) is 0 Å². The highest BCUT2D eigenvalue weighted by Gasteiger charge is 2.46. The zero-order chi connectivity index (χ0) is 16.5. The van der Waals surface area contributed by atoms with Crippen LogP contribution in [0.15, 0.2) is 54.6 Å². The van der Waals surface area contributed by atoms with Crippen molar-refractivity contribution < 1.29 is 4.55 Å². The zero-order valence-electron chi connectivity index (χ0n) is 13.2. The third-order valence-corrected chi connectivity index (χ3v) is 6.08. The Bertz CT molecular complexity index is 763. The Morgan fingerprint density at radius 2 is 1.79 bits per heavy atom. The van der Waals surface area contributed by atoms with Gasteiger partial charge in [-0.15, -0.1) is 0 Å². The minimum atomic E-state index is -1.27. The number of anilines is 2. The lowest BCUT2D eigenvalue weighted by Crippen LogP contribution is -2.44. The van der Waals surface area contributed by atoms with E-state index in [1.165, 1.54) is 0 Å². The van der Waals surface area contributed by atoms with Gasteiger partial charge in [-0.25, -0.2) is 0 Å². The molecule has 0 bridgehead atoms. The Kier molecular flexibility index (Phi) is 3.97. The second-order valence-corrected chi connectivity index (χ2v) is 7.35. The number of hydrogen-bond donors (Lipinski definition) is 0. The average molecular weight is 338 g/mol. The molecule has 0 amide bonds. The van der Waals surface area contributed by atoms with Crippen LogP contribution in [-0.4, -0.2) is 28.6 Å². The molecule has 4 rings (SSSR count). The second-order valence-electron chi connectivity index (χ2n) is 6.06. The molecule has 1 fully saturated rings. The topological polar surface area (TPSA) is 56.6 Å². The van der Waals surface area contributed by atoms with Crippen LogP contribution in [-0.2, 0) is 18.1 Å². The van der Waals surface area contributed by atoms with Crippen molar-refractivity contribution in [3.05, 3.63) is 60.2 Å². The molecule has 2 aromatic rings. The highest BCUT2D eigenvalue weighted by molar-refractivity contribution is 7.94. The maximum Gasteiger partial charge on any atom is 0.198 e. The number of benzene rings is 2. The lowest BCUT2D eigenvalue weighted by molar-refractivity contribution is 0.477. The molecular formula is C18H18N4OS. The molecule has 122 valence electrons. The van der Waals surface area contributed by atoms with Crippen LogP contribution in [0, 0.1) is 11.5 Å². The fraction of sp³-hybridized carbons (Fsp3) is 0.278. The highest BCUT2D eigenvalue weighted by atomic mass is 32.2. The van der Waals surface area contributed by atoms with E-state index in [0.717, 1.165) is 29.9 Å². The number of fused-ring (bicyclic) bond motifs is 1. The van der Waals surface area contributed by atoms with E-state index in [9.17, 15) is 4.55 Å². The van der Waals surface area contributed by atoms with E-state index in [0.29, 0.717) is 13.1 Å². The third kappa shape index (κ3) is 2.56. The number of nitrogens with zero attached hydrogens (tertiary/aromatic N) is 4. The molecule has 2 heterocycles. The van der Waals surface area contributed by atoms with Crippen molar-refractivity contribution in [3.63, 3.8) is 0 Å². The molecule has 2 aromatic carbocycles. The smallest absolute Gasteiger partial charge is 0.198 e. The molecule has 2 unspecified atom stereocenters. The van der Waals surface area contributed by atoms with E-state index in [1.807, 2.05) is 51.1 Å². The molecule has 24 heavy (non-hydrogen) atoms. The van der Waals surface area contributed by atoms with Gasteiger partial charge in [0, 0.05) is 6.54 Å². The molecule has 1 saturated heterocycles. The molecule has 0 aliphatic carbocycles. The van der Waals surface area contributed by atoms with Gasteiger partial charge in [0.25, 0.3) is 0 Å². The predicted molar refractivity (Wildman–Crippen MR) is 95.3 cm³/mol. The normalized spacial score (nSPS) is 22.6. The summed E-state index contributed by atoms with van der Waals surface area (Å²) in [6.45, 7) is 1.97. The number of rotatable bonds is 3. The molecule has 0 aromatic heterocycles. The maximum atomic E-state index is 13.2. The summed E-state index contributed by atoms with van der Waals surface area (Å²) in [5.74, 6) is 0. The molecular weight excluding hydrogens is 320 g/mol.